The van der Waals surface area contributed by atoms with E-state index in [1.165, 1.54) is 5.57 Å². The highest BCUT2D eigenvalue weighted by Gasteiger charge is 2.49. The number of urea groups is 1. The molecule has 0 aromatic heterocycles. The number of carbonyl (C=O) groups excluding carboxylic acids is 1. The first-order chi connectivity index (χ1) is 11.5. The lowest BCUT2D eigenvalue weighted by molar-refractivity contribution is 0.0675. The number of allylic oxidation sites excluding steroid dienone is 1. The molecule has 2 heterocycles. The molecule has 24 heavy (non-hydrogen) atoms. The van der Waals surface area contributed by atoms with Crippen molar-refractivity contribution in [3.05, 3.63) is 59.4 Å². The smallest absolute Gasteiger partial charge is 0.318 e. The standard InChI is InChI=1S/C20H24N2O2/c1-20(2,3)22-18-14-11-12-24-16(14)10-9-15(18)17(21-19(22)23)13-7-5-4-6-8-13/h4-10,15,17-18H,11-12H2,1-3H3,(H,21,23). The molecule has 1 aliphatic carbocycles. The fraction of sp³-hybridized carbons (Fsp3) is 0.450. The molecule has 2 amide bonds. The Morgan fingerprint density at radius 2 is 1.96 bits per heavy atom. The maximum Gasteiger partial charge on any atom is 0.318 e. The number of carbonyl (C=O) groups is 1. The number of amides is 2. The van der Waals surface area contributed by atoms with Crippen LogP contribution in [-0.4, -0.2) is 29.1 Å². The fourth-order valence-electron chi connectivity index (χ4n) is 4.21. The first-order valence-corrected chi connectivity index (χ1v) is 8.65. The summed E-state index contributed by atoms with van der Waals surface area (Å²) < 4.78 is 5.78. The number of fused-ring (bicyclic) bond motifs is 2. The summed E-state index contributed by atoms with van der Waals surface area (Å²) in [4.78, 5) is 15.0. The highest BCUT2D eigenvalue weighted by Crippen LogP contribution is 2.44. The van der Waals surface area contributed by atoms with Crippen LogP contribution in [-0.2, 0) is 4.74 Å². The third kappa shape index (κ3) is 2.32. The Bertz CT molecular complexity index is 715. The molecule has 0 saturated carbocycles. The third-order valence-electron chi connectivity index (χ3n) is 5.18. The summed E-state index contributed by atoms with van der Waals surface area (Å²) >= 11 is 0. The number of benzene rings is 1. The topological polar surface area (TPSA) is 41.6 Å². The molecule has 3 aliphatic rings. The van der Waals surface area contributed by atoms with Gasteiger partial charge in [0.25, 0.3) is 0 Å². The first-order valence-electron chi connectivity index (χ1n) is 8.65. The summed E-state index contributed by atoms with van der Waals surface area (Å²) in [6.45, 7) is 7.01. The van der Waals surface area contributed by atoms with Crippen molar-refractivity contribution in [1.29, 1.82) is 0 Å². The summed E-state index contributed by atoms with van der Waals surface area (Å²) in [5, 5.41) is 3.24. The van der Waals surface area contributed by atoms with E-state index in [2.05, 4.69) is 50.4 Å². The van der Waals surface area contributed by atoms with Gasteiger partial charge in [-0.25, -0.2) is 4.79 Å². The van der Waals surface area contributed by atoms with Crippen LogP contribution in [0.3, 0.4) is 0 Å². The zero-order valence-corrected chi connectivity index (χ0v) is 14.5. The van der Waals surface area contributed by atoms with Gasteiger partial charge in [0.15, 0.2) is 0 Å². The van der Waals surface area contributed by atoms with Crippen LogP contribution in [0, 0.1) is 5.92 Å². The zero-order valence-electron chi connectivity index (χ0n) is 14.5. The molecule has 126 valence electrons. The van der Waals surface area contributed by atoms with Gasteiger partial charge < -0.3 is 15.0 Å². The largest absolute Gasteiger partial charge is 0.493 e. The Kier molecular flexibility index (Phi) is 3.44. The van der Waals surface area contributed by atoms with Crippen LogP contribution in [0.25, 0.3) is 0 Å². The van der Waals surface area contributed by atoms with Crippen molar-refractivity contribution in [3.63, 3.8) is 0 Å². The fourth-order valence-corrected chi connectivity index (χ4v) is 4.21. The Labute approximate surface area is 143 Å². The summed E-state index contributed by atoms with van der Waals surface area (Å²) in [6.07, 6.45) is 5.21. The van der Waals surface area contributed by atoms with E-state index in [-0.39, 0.29) is 29.6 Å². The molecule has 0 spiro atoms. The summed E-state index contributed by atoms with van der Waals surface area (Å²) in [7, 11) is 0. The van der Waals surface area contributed by atoms with Gasteiger partial charge in [0.05, 0.1) is 18.7 Å². The average Bonchev–Trinajstić information content (AvgIpc) is 3.02. The van der Waals surface area contributed by atoms with E-state index in [1.54, 1.807) is 0 Å². The summed E-state index contributed by atoms with van der Waals surface area (Å²) in [5.41, 5.74) is 2.18. The van der Waals surface area contributed by atoms with Crippen molar-refractivity contribution in [3.8, 4) is 0 Å². The minimum atomic E-state index is -0.249. The van der Waals surface area contributed by atoms with Crippen molar-refractivity contribution in [2.75, 3.05) is 6.61 Å². The molecule has 0 radical (unpaired) electrons. The molecule has 4 rings (SSSR count). The van der Waals surface area contributed by atoms with Crippen LogP contribution in [0.1, 0.15) is 38.8 Å². The van der Waals surface area contributed by atoms with E-state index >= 15 is 0 Å². The van der Waals surface area contributed by atoms with E-state index < -0.39 is 0 Å². The van der Waals surface area contributed by atoms with Crippen LogP contribution < -0.4 is 5.32 Å². The second kappa shape index (κ2) is 5.40. The van der Waals surface area contributed by atoms with Gasteiger partial charge in [-0.15, -0.1) is 0 Å². The second-order valence-electron chi connectivity index (χ2n) is 7.75. The van der Waals surface area contributed by atoms with Gasteiger partial charge in [0.1, 0.15) is 5.76 Å². The number of nitrogens with zero attached hydrogens (tertiary/aromatic N) is 1. The van der Waals surface area contributed by atoms with E-state index in [4.69, 9.17) is 4.74 Å². The Morgan fingerprint density at radius 3 is 2.67 bits per heavy atom. The minimum Gasteiger partial charge on any atom is -0.493 e. The van der Waals surface area contributed by atoms with Crippen LogP contribution in [0.15, 0.2) is 53.8 Å². The van der Waals surface area contributed by atoms with Gasteiger partial charge in [-0.2, -0.15) is 0 Å². The molecule has 3 atom stereocenters. The molecule has 1 aromatic rings. The SMILES string of the molecule is CC(C)(C)N1C(=O)NC(c2ccccc2)C2C=CC3=C(CCO3)C21. The van der Waals surface area contributed by atoms with Gasteiger partial charge in [-0.3, -0.25) is 0 Å². The lowest BCUT2D eigenvalue weighted by Gasteiger charge is -2.51. The lowest BCUT2D eigenvalue weighted by Crippen LogP contribution is -2.64. The molecule has 1 fully saturated rings. The monoisotopic (exact) mass is 324 g/mol. The second-order valence-corrected chi connectivity index (χ2v) is 7.75. The van der Waals surface area contributed by atoms with Crippen molar-refractivity contribution >= 4 is 6.03 Å². The maximum atomic E-state index is 13.0. The number of hydrogen-bond donors (Lipinski definition) is 1. The molecular formula is C20H24N2O2. The molecule has 4 nitrogen and oxygen atoms in total. The van der Waals surface area contributed by atoms with Crippen LogP contribution in [0.2, 0.25) is 0 Å². The highest BCUT2D eigenvalue weighted by atomic mass is 16.5. The summed E-state index contributed by atoms with van der Waals surface area (Å²) in [6, 6.07) is 10.3. The number of ether oxygens (including phenoxy) is 1. The minimum absolute atomic E-state index is 0.00616. The van der Waals surface area contributed by atoms with E-state index in [0.717, 1.165) is 17.7 Å². The van der Waals surface area contributed by atoms with Gasteiger partial charge >= 0.3 is 6.03 Å². The lowest BCUT2D eigenvalue weighted by atomic mass is 9.76. The highest BCUT2D eigenvalue weighted by molar-refractivity contribution is 5.78. The van der Waals surface area contributed by atoms with Crippen molar-refractivity contribution in [1.82, 2.24) is 10.2 Å². The molecule has 4 heteroatoms. The predicted octanol–water partition coefficient (Wildman–Crippen LogP) is 3.78. The Morgan fingerprint density at radius 1 is 1.21 bits per heavy atom. The normalized spacial score (nSPS) is 29.0. The number of hydrogen-bond acceptors (Lipinski definition) is 2. The quantitative estimate of drug-likeness (QED) is 0.854. The maximum absolute atomic E-state index is 13.0. The Hall–Kier alpha value is -2.23. The number of rotatable bonds is 1. The van der Waals surface area contributed by atoms with Crippen molar-refractivity contribution in [2.24, 2.45) is 5.92 Å². The van der Waals surface area contributed by atoms with Crippen LogP contribution in [0.5, 0.6) is 0 Å². The van der Waals surface area contributed by atoms with Gasteiger partial charge in [-0.05, 0) is 38.0 Å². The van der Waals surface area contributed by atoms with E-state index in [1.807, 2.05) is 23.1 Å². The average molecular weight is 324 g/mol. The Balaban J connectivity index is 1.80. The number of nitrogens with one attached hydrogen (secondary N) is 1. The predicted molar refractivity (Wildman–Crippen MR) is 93.3 cm³/mol. The first kappa shape index (κ1) is 15.3. The van der Waals surface area contributed by atoms with Crippen LogP contribution in [0.4, 0.5) is 4.79 Å². The van der Waals surface area contributed by atoms with Gasteiger partial charge in [0.2, 0.25) is 0 Å². The van der Waals surface area contributed by atoms with Gasteiger partial charge in [0, 0.05) is 17.9 Å². The van der Waals surface area contributed by atoms with Crippen molar-refractivity contribution < 1.29 is 9.53 Å². The zero-order chi connectivity index (χ0) is 16.9. The van der Waals surface area contributed by atoms with E-state index in [9.17, 15) is 4.79 Å². The molecule has 1 saturated heterocycles. The third-order valence-corrected chi connectivity index (χ3v) is 5.18. The van der Waals surface area contributed by atoms with E-state index in [0.29, 0.717) is 6.61 Å². The molecular weight excluding hydrogens is 300 g/mol. The molecule has 1 aromatic carbocycles. The van der Waals surface area contributed by atoms with Crippen molar-refractivity contribution in [2.45, 2.75) is 44.8 Å². The summed E-state index contributed by atoms with van der Waals surface area (Å²) in [5.74, 6) is 1.18. The molecule has 2 aliphatic heterocycles. The molecule has 0 bridgehead atoms. The van der Waals surface area contributed by atoms with Crippen LogP contribution >= 0.6 is 0 Å². The molecule has 1 N–H and O–H groups in total. The van der Waals surface area contributed by atoms with Gasteiger partial charge in [-0.1, -0.05) is 36.4 Å². The molecule has 3 unspecified atom stereocenters.